The summed E-state index contributed by atoms with van der Waals surface area (Å²) in [5, 5.41) is 0. The number of hydrogen-bond donors (Lipinski definition) is 1. The summed E-state index contributed by atoms with van der Waals surface area (Å²) >= 11 is 0. The molecule has 0 aliphatic rings. The average Bonchev–Trinajstić information content (AvgIpc) is 2.36. The van der Waals surface area contributed by atoms with E-state index in [4.69, 9.17) is 5.73 Å². The summed E-state index contributed by atoms with van der Waals surface area (Å²) in [6, 6.07) is 8.19. The Bertz CT molecular complexity index is 346. The minimum atomic E-state index is 0.0637. The summed E-state index contributed by atoms with van der Waals surface area (Å²) in [4.78, 5) is 13.3. The Morgan fingerprint density at radius 1 is 1.29 bits per heavy atom. The smallest absolute Gasteiger partial charge is 0.227 e. The maximum Gasteiger partial charge on any atom is 0.227 e. The largest absolute Gasteiger partial charge is 0.330 e. The number of hydrogen-bond acceptors (Lipinski definition) is 2. The van der Waals surface area contributed by atoms with Crippen LogP contribution in [0.5, 0.6) is 0 Å². The molecule has 3 nitrogen and oxygen atoms in total. The van der Waals surface area contributed by atoms with Gasteiger partial charge in [0.15, 0.2) is 0 Å². The van der Waals surface area contributed by atoms with Crippen LogP contribution in [-0.2, 0) is 11.2 Å². The van der Waals surface area contributed by atoms with E-state index in [2.05, 4.69) is 19.1 Å². The number of carbonyl (C=O) groups excluding carboxylic acids is 1. The molecular formula is C14H22N2O. The fraction of sp³-hybridized carbons (Fsp3) is 0.500. The highest BCUT2D eigenvalue weighted by atomic mass is 16.2. The molecule has 17 heavy (non-hydrogen) atoms. The fourth-order valence-corrected chi connectivity index (χ4v) is 1.70. The van der Waals surface area contributed by atoms with E-state index < -0.39 is 0 Å². The first kappa shape index (κ1) is 13.7. The van der Waals surface area contributed by atoms with E-state index in [9.17, 15) is 4.79 Å². The fourth-order valence-electron chi connectivity index (χ4n) is 1.70. The zero-order valence-electron chi connectivity index (χ0n) is 10.8. The molecule has 0 saturated heterocycles. The van der Waals surface area contributed by atoms with Crippen LogP contribution >= 0.6 is 0 Å². The van der Waals surface area contributed by atoms with Crippen LogP contribution in [-0.4, -0.2) is 19.5 Å². The molecule has 0 radical (unpaired) electrons. The second-order valence-electron chi connectivity index (χ2n) is 4.26. The van der Waals surface area contributed by atoms with E-state index in [-0.39, 0.29) is 5.91 Å². The molecule has 0 heterocycles. The predicted molar refractivity (Wildman–Crippen MR) is 72.1 cm³/mol. The molecule has 1 amide bonds. The van der Waals surface area contributed by atoms with Crippen LogP contribution in [0.1, 0.15) is 31.7 Å². The van der Waals surface area contributed by atoms with Crippen LogP contribution < -0.4 is 10.6 Å². The normalized spacial score (nSPS) is 10.3. The van der Waals surface area contributed by atoms with Crippen LogP contribution in [0.3, 0.4) is 0 Å². The number of carbonyl (C=O) groups is 1. The average molecular weight is 234 g/mol. The molecule has 0 fully saturated rings. The molecule has 0 aromatic heterocycles. The van der Waals surface area contributed by atoms with Crippen molar-refractivity contribution >= 4 is 11.6 Å². The molecule has 1 aromatic carbocycles. The summed E-state index contributed by atoms with van der Waals surface area (Å²) in [6.07, 6.45) is 3.92. The van der Waals surface area contributed by atoms with Crippen molar-refractivity contribution in [3.63, 3.8) is 0 Å². The number of rotatable bonds is 6. The first-order chi connectivity index (χ1) is 8.19. The Hall–Kier alpha value is -1.35. The second kappa shape index (κ2) is 7.07. The molecule has 0 saturated carbocycles. The van der Waals surface area contributed by atoms with Crippen LogP contribution in [0.25, 0.3) is 0 Å². The summed E-state index contributed by atoms with van der Waals surface area (Å²) in [5.74, 6) is 0.0637. The monoisotopic (exact) mass is 234 g/mol. The van der Waals surface area contributed by atoms with Gasteiger partial charge in [0.2, 0.25) is 5.91 Å². The van der Waals surface area contributed by atoms with Gasteiger partial charge in [-0.2, -0.15) is 0 Å². The van der Waals surface area contributed by atoms with Crippen molar-refractivity contribution in [2.24, 2.45) is 5.73 Å². The van der Waals surface area contributed by atoms with Crippen molar-refractivity contribution in [3.05, 3.63) is 29.8 Å². The van der Waals surface area contributed by atoms with Gasteiger partial charge in [0.25, 0.3) is 0 Å². The second-order valence-corrected chi connectivity index (χ2v) is 4.26. The first-order valence-electron chi connectivity index (χ1n) is 6.24. The van der Waals surface area contributed by atoms with E-state index in [1.165, 1.54) is 18.4 Å². The number of nitrogens with two attached hydrogens (primary N) is 1. The highest BCUT2D eigenvalue weighted by Gasteiger charge is 2.09. The summed E-state index contributed by atoms with van der Waals surface area (Å²) in [7, 11) is 1.79. The maximum atomic E-state index is 11.6. The first-order valence-corrected chi connectivity index (χ1v) is 6.24. The zero-order chi connectivity index (χ0) is 12.7. The molecule has 1 aromatic rings. The molecule has 0 aliphatic carbocycles. The van der Waals surface area contributed by atoms with Gasteiger partial charge < -0.3 is 10.6 Å². The molecule has 94 valence electrons. The van der Waals surface area contributed by atoms with Gasteiger partial charge in [-0.1, -0.05) is 25.5 Å². The van der Waals surface area contributed by atoms with E-state index in [1.807, 2.05) is 12.1 Å². The van der Waals surface area contributed by atoms with Crippen molar-refractivity contribution in [2.45, 2.75) is 32.6 Å². The lowest BCUT2D eigenvalue weighted by atomic mass is 10.1. The quantitative estimate of drug-likeness (QED) is 0.821. The van der Waals surface area contributed by atoms with Crippen LogP contribution in [0.2, 0.25) is 0 Å². The Labute approximate surface area is 104 Å². The molecule has 1 rings (SSSR count). The maximum absolute atomic E-state index is 11.6. The third kappa shape index (κ3) is 4.19. The van der Waals surface area contributed by atoms with E-state index in [0.29, 0.717) is 13.0 Å². The van der Waals surface area contributed by atoms with Gasteiger partial charge in [0.05, 0.1) is 0 Å². The van der Waals surface area contributed by atoms with Gasteiger partial charge in [-0.05, 0) is 30.5 Å². The number of aryl methyl sites for hydroxylation is 1. The summed E-state index contributed by atoms with van der Waals surface area (Å²) in [5.41, 5.74) is 7.64. The highest BCUT2D eigenvalue weighted by molar-refractivity contribution is 5.92. The topological polar surface area (TPSA) is 46.3 Å². The van der Waals surface area contributed by atoms with Crippen molar-refractivity contribution in [2.75, 3.05) is 18.5 Å². The van der Waals surface area contributed by atoms with E-state index >= 15 is 0 Å². The molecule has 2 N–H and O–H groups in total. The minimum absolute atomic E-state index is 0.0637. The van der Waals surface area contributed by atoms with Crippen molar-refractivity contribution < 1.29 is 4.79 Å². The van der Waals surface area contributed by atoms with E-state index in [0.717, 1.165) is 12.1 Å². The summed E-state index contributed by atoms with van der Waals surface area (Å²) < 4.78 is 0. The van der Waals surface area contributed by atoms with Crippen molar-refractivity contribution in [1.29, 1.82) is 0 Å². The number of amides is 1. The minimum Gasteiger partial charge on any atom is -0.330 e. The lowest BCUT2D eigenvalue weighted by molar-refractivity contribution is -0.118. The molecule has 3 heteroatoms. The third-order valence-corrected chi connectivity index (χ3v) is 2.87. The summed E-state index contributed by atoms with van der Waals surface area (Å²) in [6.45, 7) is 2.59. The predicted octanol–water partition coefficient (Wildman–Crippen LogP) is 2.34. The Balaban J connectivity index is 2.63. The molecule has 0 atom stereocenters. The van der Waals surface area contributed by atoms with Gasteiger partial charge in [-0.15, -0.1) is 0 Å². The molecule has 0 spiro atoms. The van der Waals surface area contributed by atoms with Crippen LogP contribution in [0.15, 0.2) is 24.3 Å². The standard InChI is InChI=1S/C14H22N2O/c1-3-4-5-12-6-8-13(9-7-12)16(2)14(17)10-11-15/h6-9H,3-5,10-11,15H2,1-2H3. The lowest BCUT2D eigenvalue weighted by Crippen LogP contribution is -2.28. The molecule has 0 aliphatic heterocycles. The third-order valence-electron chi connectivity index (χ3n) is 2.87. The Kier molecular flexibility index (Phi) is 5.70. The number of unbranched alkanes of at least 4 members (excludes halogenated alkanes) is 1. The molecule has 0 bridgehead atoms. The number of benzene rings is 1. The van der Waals surface area contributed by atoms with Crippen molar-refractivity contribution in [1.82, 2.24) is 0 Å². The Morgan fingerprint density at radius 2 is 1.94 bits per heavy atom. The molecular weight excluding hydrogens is 212 g/mol. The van der Waals surface area contributed by atoms with Crippen LogP contribution in [0, 0.1) is 0 Å². The zero-order valence-corrected chi connectivity index (χ0v) is 10.8. The van der Waals surface area contributed by atoms with Gasteiger partial charge >= 0.3 is 0 Å². The van der Waals surface area contributed by atoms with Crippen molar-refractivity contribution in [3.8, 4) is 0 Å². The number of anilines is 1. The lowest BCUT2D eigenvalue weighted by Gasteiger charge is -2.17. The number of nitrogens with zero attached hydrogens (tertiary/aromatic N) is 1. The van der Waals surface area contributed by atoms with E-state index in [1.54, 1.807) is 11.9 Å². The van der Waals surface area contributed by atoms with Gasteiger partial charge in [-0.25, -0.2) is 0 Å². The SMILES string of the molecule is CCCCc1ccc(N(C)C(=O)CCN)cc1. The Morgan fingerprint density at radius 3 is 2.47 bits per heavy atom. The molecule has 0 unspecified atom stereocenters. The highest BCUT2D eigenvalue weighted by Crippen LogP contribution is 2.15. The van der Waals surface area contributed by atoms with Gasteiger partial charge in [-0.3, -0.25) is 4.79 Å². The van der Waals surface area contributed by atoms with Gasteiger partial charge in [0, 0.05) is 25.7 Å². The van der Waals surface area contributed by atoms with Gasteiger partial charge in [0.1, 0.15) is 0 Å². The van der Waals surface area contributed by atoms with Crippen LogP contribution in [0.4, 0.5) is 5.69 Å².